The van der Waals surface area contributed by atoms with E-state index in [0.29, 0.717) is 96.9 Å². The van der Waals surface area contributed by atoms with E-state index in [4.69, 9.17) is 14.5 Å². The second kappa shape index (κ2) is 19.5. The first-order chi connectivity index (χ1) is 34.1. The Morgan fingerprint density at radius 3 is 2.42 bits per heavy atom. The summed E-state index contributed by atoms with van der Waals surface area (Å²) in [5.41, 5.74) is 5.39. The highest BCUT2D eigenvalue weighted by atomic mass is 16.6. The van der Waals surface area contributed by atoms with Gasteiger partial charge in [0.15, 0.2) is 12.1 Å². The zero-order valence-corrected chi connectivity index (χ0v) is 40.9. The number of pyridine rings is 1. The molecular formula is C53H60N8O10. The highest BCUT2D eigenvalue weighted by Gasteiger charge is 2.53. The number of nitrogens with zero attached hydrogens (tertiary/aromatic N) is 7. The number of phenols is 3. The van der Waals surface area contributed by atoms with E-state index in [0.717, 1.165) is 22.1 Å². The quantitative estimate of drug-likeness (QED) is 0.0825. The number of aromatic hydroxyl groups is 3. The summed E-state index contributed by atoms with van der Waals surface area (Å²) in [6.07, 6.45) is 2.40. The van der Waals surface area contributed by atoms with Gasteiger partial charge in [0.2, 0.25) is 17.3 Å². The van der Waals surface area contributed by atoms with Crippen LogP contribution in [0.25, 0.3) is 33.7 Å². The van der Waals surface area contributed by atoms with Crippen molar-refractivity contribution < 1.29 is 49.1 Å². The van der Waals surface area contributed by atoms with Crippen molar-refractivity contribution in [2.45, 2.75) is 97.6 Å². The Bertz CT molecular complexity index is 3010. The number of phenolic OH excluding ortho intramolecular Hbond substituents is 3. The first-order valence-corrected chi connectivity index (χ1v) is 24.4. The van der Waals surface area contributed by atoms with Crippen LogP contribution in [0.2, 0.25) is 0 Å². The Kier molecular flexibility index (Phi) is 13.4. The number of ether oxygens (including phenoxy) is 2. The molecule has 0 saturated carbocycles. The van der Waals surface area contributed by atoms with Gasteiger partial charge >= 0.3 is 11.9 Å². The minimum absolute atomic E-state index is 0.0392. The molecule has 18 heteroatoms. The topological polar surface area (TPSA) is 233 Å². The van der Waals surface area contributed by atoms with Gasteiger partial charge in [-0.3, -0.25) is 23.9 Å². The monoisotopic (exact) mass is 968 g/mol. The van der Waals surface area contributed by atoms with Crippen molar-refractivity contribution in [3.8, 4) is 34.3 Å². The SMILES string of the molecule is CCNC(=O)c1nnc(-c2cc(C(C)C)c(O)cc2O)n1-c1ccc(CN2CCC(C(=O)N(C)CCC(=O)OC3(CC)C(=O)OCC4=C3C=C3c5nc6ccc(O)cc6c(CC)c5CN3C4O)CC2)cc1. The highest BCUT2D eigenvalue weighted by molar-refractivity contribution is 5.94. The largest absolute Gasteiger partial charge is 0.508 e. The number of carbonyl (C=O) groups excluding carboxylic acids is 4. The molecular weight excluding hydrogens is 909 g/mol. The van der Waals surface area contributed by atoms with E-state index in [9.17, 15) is 39.6 Å². The molecule has 3 aromatic carbocycles. The minimum atomic E-state index is -1.82. The number of carbonyl (C=O) groups is 4. The molecule has 1 fully saturated rings. The number of likely N-dealkylation sites (tertiary alicyclic amines) is 1. The van der Waals surface area contributed by atoms with Crippen molar-refractivity contribution in [1.82, 2.24) is 39.8 Å². The van der Waals surface area contributed by atoms with Gasteiger partial charge in [-0.25, -0.2) is 9.78 Å². The van der Waals surface area contributed by atoms with Crippen LogP contribution in [0.4, 0.5) is 0 Å². The molecule has 372 valence electrons. The summed E-state index contributed by atoms with van der Waals surface area (Å²) in [6, 6.07) is 15.6. The molecule has 1 saturated heterocycles. The van der Waals surface area contributed by atoms with E-state index in [1.165, 1.54) is 6.07 Å². The van der Waals surface area contributed by atoms with Crippen LogP contribution in [0.1, 0.15) is 105 Å². The Balaban J connectivity index is 0.829. The molecule has 4 aliphatic rings. The van der Waals surface area contributed by atoms with Gasteiger partial charge in [-0.05, 0) is 111 Å². The number of esters is 2. The van der Waals surface area contributed by atoms with Gasteiger partial charge in [-0.1, -0.05) is 39.8 Å². The summed E-state index contributed by atoms with van der Waals surface area (Å²) in [6.45, 7) is 12.0. The standard InChI is InChI=1S/C53H60N8O10/c1-7-34-36-22-33(62)14-15-41(36)55-46-38(34)27-60-42(46)24-40-39(51(60)68)28-70-52(69)53(40,8-2)71-45(65)18-19-58(6)50(67)31-16-20-59(21-17-31)26-30-10-12-32(13-11-30)61-47(56-57-48(61)49(66)54-9-3)37-23-35(29(4)5)43(63)25-44(37)64/h10-15,22-25,29,31,51,62-64,68H,7-9,16-21,26-28H2,1-6H3,(H,54,66). The number of hydrogen-bond donors (Lipinski definition) is 5. The number of nitrogens with one attached hydrogen (secondary N) is 1. The van der Waals surface area contributed by atoms with Gasteiger partial charge in [0.05, 0.1) is 28.9 Å². The fourth-order valence-corrected chi connectivity index (χ4v) is 10.5. The van der Waals surface area contributed by atoms with Crippen molar-refractivity contribution in [3.05, 3.63) is 106 Å². The Labute approximate surface area is 411 Å². The molecule has 2 amide bonds. The first kappa shape index (κ1) is 48.7. The molecule has 0 aliphatic carbocycles. The van der Waals surface area contributed by atoms with E-state index in [1.807, 2.05) is 45.0 Å². The number of piperidine rings is 1. The van der Waals surface area contributed by atoms with Crippen molar-refractivity contribution in [2.75, 3.05) is 39.8 Å². The summed E-state index contributed by atoms with van der Waals surface area (Å²) >= 11 is 0. The Morgan fingerprint density at radius 2 is 1.73 bits per heavy atom. The third kappa shape index (κ3) is 8.83. The van der Waals surface area contributed by atoms with Gasteiger partial charge in [-0.2, -0.15) is 0 Å². The molecule has 0 bridgehead atoms. The van der Waals surface area contributed by atoms with Crippen LogP contribution in [0.15, 0.2) is 71.8 Å². The maximum Gasteiger partial charge on any atom is 0.355 e. The van der Waals surface area contributed by atoms with Crippen molar-refractivity contribution in [1.29, 1.82) is 0 Å². The van der Waals surface area contributed by atoms with Crippen LogP contribution in [-0.4, -0.2) is 130 Å². The maximum atomic E-state index is 13.7. The first-order valence-electron chi connectivity index (χ1n) is 24.4. The number of rotatable bonds is 14. The highest BCUT2D eigenvalue weighted by Crippen LogP contribution is 2.47. The van der Waals surface area contributed by atoms with Crippen LogP contribution in [0.3, 0.4) is 0 Å². The number of hydrogen-bond acceptors (Lipinski definition) is 15. The number of aliphatic hydroxyl groups excluding tert-OH is 1. The predicted molar refractivity (Wildman–Crippen MR) is 262 cm³/mol. The zero-order valence-electron chi connectivity index (χ0n) is 40.9. The molecule has 18 nitrogen and oxygen atoms in total. The summed E-state index contributed by atoms with van der Waals surface area (Å²) in [5, 5.41) is 55.6. The lowest BCUT2D eigenvalue weighted by Crippen LogP contribution is -2.53. The molecule has 2 atom stereocenters. The van der Waals surface area contributed by atoms with Crippen molar-refractivity contribution in [2.24, 2.45) is 5.92 Å². The predicted octanol–water partition coefficient (Wildman–Crippen LogP) is 5.83. The average Bonchev–Trinajstić information content (AvgIpc) is 3.96. The van der Waals surface area contributed by atoms with Crippen LogP contribution in [-0.2, 0) is 43.4 Å². The summed E-state index contributed by atoms with van der Waals surface area (Å²) in [4.78, 5) is 64.9. The number of aryl methyl sites for hydroxylation is 1. The smallest absolute Gasteiger partial charge is 0.355 e. The van der Waals surface area contributed by atoms with E-state index in [2.05, 4.69) is 20.4 Å². The number of amides is 2. The summed E-state index contributed by atoms with van der Waals surface area (Å²) in [7, 11) is 1.66. The van der Waals surface area contributed by atoms with E-state index >= 15 is 0 Å². The molecule has 2 aromatic heterocycles. The summed E-state index contributed by atoms with van der Waals surface area (Å²) < 4.78 is 13.3. The molecule has 71 heavy (non-hydrogen) atoms. The van der Waals surface area contributed by atoms with E-state index in [-0.39, 0.29) is 72.6 Å². The molecule has 0 radical (unpaired) electrons. The Hall–Kier alpha value is -7.31. The van der Waals surface area contributed by atoms with Crippen LogP contribution < -0.4 is 5.32 Å². The number of benzene rings is 3. The van der Waals surface area contributed by atoms with E-state index in [1.54, 1.807) is 65.6 Å². The van der Waals surface area contributed by atoms with Crippen LogP contribution in [0, 0.1) is 5.92 Å². The Morgan fingerprint density at radius 1 is 0.986 bits per heavy atom. The fraction of sp³-hybridized carbons (Fsp3) is 0.415. The normalized spacial score (nSPS) is 19.0. The number of aromatic nitrogens is 4. The van der Waals surface area contributed by atoms with Gasteiger partial charge in [0.1, 0.15) is 23.9 Å². The molecule has 5 aromatic rings. The third-order valence-corrected chi connectivity index (χ3v) is 14.3. The second-order valence-electron chi connectivity index (χ2n) is 19.0. The van der Waals surface area contributed by atoms with Crippen LogP contribution >= 0.6 is 0 Å². The van der Waals surface area contributed by atoms with Gasteiger partial charge in [-0.15, -0.1) is 10.2 Å². The third-order valence-electron chi connectivity index (χ3n) is 14.3. The van der Waals surface area contributed by atoms with Gasteiger partial charge < -0.3 is 45.0 Å². The molecule has 5 N–H and O–H groups in total. The molecule has 6 heterocycles. The minimum Gasteiger partial charge on any atom is -0.508 e. The molecule has 0 spiro atoms. The maximum absolute atomic E-state index is 13.7. The van der Waals surface area contributed by atoms with Crippen LogP contribution in [0.5, 0.6) is 17.2 Å². The average molecular weight is 969 g/mol. The fourth-order valence-electron chi connectivity index (χ4n) is 10.5. The van der Waals surface area contributed by atoms with Crippen molar-refractivity contribution in [3.63, 3.8) is 0 Å². The lowest BCUT2D eigenvalue weighted by Gasteiger charge is -2.42. The molecule has 2 unspecified atom stereocenters. The zero-order chi connectivity index (χ0) is 50.5. The van der Waals surface area contributed by atoms with Crippen molar-refractivity contribution >= 4 is 40.4 Å². The van der Waals surface area contributed by atoms with E-state index < -0.39 is 29.7 Å². The lowest BCUT2D eigenvalue weighted by atomic mass is 9.82. The summed E-state index contributed by atoms with van der Waals surface area (Å²) in [5.74, 6) is -2.03. The molecule has 4 aliphatic heterocycles. The number of fused-ring (bicyclic) bond motifs is 4. The van der Waals surface area contributed by atoms with Gasteiger partial charge in [0.25, 0.3) is 5.91 Å². The number of aliphatic hydroxyl groups is 1. The second-order valence-corrected chi connectivity index (χ2v) is 19.0. The lowest BCUT2D eigenvalue weighted by molar-refractivity contribution is -0.181. The van der Waals surface area contributed by atoms with Gasteiger partial charge in [0, 0.05) is 73.0 Å². The molecule has 9 rings (SSSR count). The number of cyclic esters (lactones) is 1.